The third-order valence-electron chi connectivity index (χ3n) is 14.8. The molecule has 0 saturated carbocycles. The molecule has 0 fully saturated rings. The number of aromatic nitrogens is 2. The molecule has 0 spiro atoms. The summed E-state index contributed by atoms with van der Waals surface area (Å²) in [4.78, 5) is 10.6. The van der Waals surface area contributed by atoms with Crippen molar-refractivity contribution in [1.29, 1.82) is 0 Å². The number of fused-ring (bicyclic) bond motifs is 13. The van der Waals surface area contributed by atoms with E-state index in [1.807, 2.05) is 12.1 Å². The maximum atomic E-state index is 6.74. The zero-order valence-corrected chi connectivity index (χ0v) is 38.4. The van der Waals surface area contributed by atoms with E-state index in [9.17, 15) is 0 Å². The molecular formula is C68H40N2O. The molecule has 328 valence electrons. The summed E-state index contributed by atoms with van der Waals surface area (Å²) in [6.07, 6.45) is 0. The predicted molar refractivity (Wildman–Crippen MR) is 299 cm³/mol. The van der Waals surface area contributed by atoms with Gasteiger partial charge in [0.05, 0.1) is 11.4 Å². The van der Waals surface area contributed by atoms with Gasteiger partial charge in [-0.3, -0.25) is 0 Å². The fourth-order valence-corrected chi connectivity index (χ4v) is 11.8. The van der Waals surface area contributed by atoms with E-state index in [1.54, 1.807) is 0 Å². The number of hydrogen-bond donors (Lipinski definition) is 0. The highest BCUT2D eigenvalue weighted by Crippen LogP contribution is 2.51. The van der Waals surface area contributed by atoms with E-state index < -0.39 is 0 Å². The van der Waals surface area contributed by atoms with Crippen LogP contribution in [-0.4, -0.2) is 9.97 Å². The topological polar surface area (TPSA) is 38.9 Å². The molecule has 2 heterocycles. The molecule has 0 saturated heterocycles. The molecule has 0 aliphatic heterocycles. The lowest BCUT2D eigenvalue weighted by molar-refractivity contribution is 0.669. The third-order valence-corrected chi connectivity index (χ3v) is 14.8. The van der Waals surface area contributed by atoms with E-state index in [1.165, 1.54) is 81.3 Å². The van der Waals surface area contributed by atoms with Gasteiger partial charge in [0.15, 0.2) is 5.82 Å². The van der Waals surface area contributed by atoms with E-state index >= 15 is 0 Å². The van der Waals surface area contributed by atoms with Crippen molar-refractivity contribution < 1.29 is 4.42 Å². The first-order valence-corrected chi connectivity index (χ1v) is 24.3. The highest BCUT2D eigenvalue weighted by molar-refractivity contribution is 6.31. The monoisotopic (exact) mass is 900 g/mol. The van der Waals surface area contributed by atoms with Crippen LogP contribution < -0.4 is 0 Å². The summed E-state index contributed by atoms with van der Waals surface area (Å²) in [5, 5.41) is 19.1. The van der Waals surface area contributed by atoms with Crippen molar-refractivity contribution in [2.45, 2.75) is 0 Å². The molecule has 2 aromatic heterocycles. The molecular weight excluding hydrogens is 861 g/mol. The fourth-order valence-electron chi connectivity index (χ4n) is 11.8. The maximum absolute atomic E-state index is 6.74. The lowest BCUT2D eigenvalue weighted by Crippen LogP contribution is -1.98. The van der Waals surface area contributed by atoms with Crippen LogP contribution in [0.5, 0.6) is 0 Å². The minimum absolute atomic E-state index is 0.698. The van der Waals surface area contributed by atoms with Crippen LogP contribution in [0.4, 0.5) is 0 Å². The lowest BCUT2D eigenvalue weighted by atomic mass is 9.81. The van der Waals surface area contributed by atoms with E-state index in [2.05, 4.69) is 231 Å². The van der Waals surface area contributed by atoms with Gasteiger partial charge in [-0.15, -0.1) is 0 Å². The summed E-state index contributed by atoms with van der Waals surface area (Å²) in [5.41, 5.74) is 11.5. The lowest BCUT2D eigenvalue weighted by Gasteiger charge is -2.22. The van der Waals surface area contributed by atoms with Crippen LogP contribution in [0.2, 0.25) is 0 Å². The Morgan fingerprint density at radius 2 is 0.592 bits per heavy atom. The Morgan fingerprint density at radius 1 is 0.211 bits per heavy atom. The molecule has 13 aromatic carbocycles. The summed E-state index contributed by atoms with van der Waals surface area (Å²) in [7, 11) is 0. The molecule has 71 heavy (non-hydrogen) atoms. The first-order chi connectivity index (χ1) is 35.2. The fraction of sp³-hybridized carbons (Fsp3) is 0. The molecule has 0 radical (unpaired) electrons. The first kappa shape index (κ1) is 39.5. The summed E-state index contributed by atoms with van der Waals surface area (Å²) in [6.45, 7) is 0. The van der Waals surface area contributed by atoms with Crippen molar-refractivity contribution in [3.8, 4) is 56.2 Å². The molecule has 3 nitrogen and oxygen atoms in total. The van der Waals surface area contributed by atoms with Crippen molar-refractivity contribution in [2.24, 2.45) is 0 Å². The summed E-state index contributed by atoms with van der Waals surface area (Å²) < 4.78 is 6.74. The quantitative estimate of drug-likeness (QED) is 0.128. The second-order valence-electron chi connectivity index (χ2n) is 18.7. The highest BCUT2D eigenvalue weighted by Gasteiger charge is 2.24. The molecule has 0 unspecified atom stereocenters. The number of hydrogen-bond acceptors (Lipinski definition) is 3. The SMILES string of the molecule is c1ccc(-c2cc(-c3c4ccccc4c(-c4c5ccccc5c(-c5ccc6oc7cc8c9ccccc9c9ccccc9c8cc7c6c5)c5ccccc45)c4ccccc34)nc(-c3ccccc3)n2)cc1. The maximum Gasteiger partial charge on any atom is 0.160 e. The summed E-state index contributed by atoms with van der Waals surface area (Å²) in [5.74, 6) is 0.698. The van der Waals surface area contributed by atoms with Gasteiger partial charge in [0.25, 0.3) is 0 Å². The van der Waals surface area contributed by atoms with E-state index in [0.717, 1.165) is 66.4 Å². The largest absolute Gasteiger partial charge is 0.456 e. The molecule has 0 amide bonds. The number of nitrogens with zero attached hydrogens (tertiary/aromatic N) is 2. The zero-order chi connectivity index (χ0) is 46.6. The van der Waals surface area contributed by atoms with Gasteiger partial charge < -0.3 is 4.42 Å². The Labute approximate surface area is 408 Å². The zero-order valence-electron chi connectivity index (χ0n) is 38.4. The van der Waals surface area contributed by atoms with Gasteiger partial charge in [-0.25, -0.2) is 9.97 Å². The summed E-state index contributed by atoms with van der Waals surface area (Å²) in [6, 6.07) is 87.6. The Balaban J connectivity index is 0.988. The van der Waals surface area contributed by atoms with Crippen LogP contribution in [0, 0.1) is 0 Å². The molecule has 15 aromatic rings. The van der Waals surface area contributed by atoms with Crippen LogP contribution >= 0.6 is 0 Å². The minimum atomic E-state index is 0.698. The highest BCUT2D eigenvalue weighted by atomic mass is 16.3. The second kappa shape index (κ2) is 15.5. The van der Waals surface area contributed by atoms with Crippen LogP contribution in [0.25, 0.3) is 154 Å². The molecule has 0 aliphatic carbocycles. The number of rotatable bonds is 5. The smallest absolute Gasteiger partial charge is 0.160 e. The summed E-state index contributed by atoms with van der Waals surface area (Å²) >= 11 is 0. The Kier molecular flexibility index (Phi) is 8.66. The van der Waals surface area contributed by atoms with Gasteiger partial charge in [-0.05, 0) is 128 Å². The molecule has 0 N–H and O–H groups in total. The normalized spacial score (nSPS) is 11.9. The Bertz CT molecular complexity index is 4520. The van der Waals surface area contributed by atoms with Gasteiger partial charge in [-0.2, -0.15) is 0 Å². The molecule has 0 aliphatic rings. The van der Waals surface area contributed by atoms with Gasteiger partial charge in [0.2, 0.25) is 0 Å². The van der Waals surface area contributed by atoms with Gasteiger partial charge >= 0.3 is 0 Å². The minimum Gasteiger partial charge on any atom is -0.456 e. The third kappa shape index (κ3) is 6.03. The van der Waals surface area contributed by atoms with Crippen LogP contribution in [-0.2, 0) is 0 Å². The van der Waals surface area contributed by atoms with Crippen LogP contribution in [0.3, 0.4) is 0 Å². The van der Waals surface area contributed by atoms with Gasteiger partial charge in [0, 0.05) is 27.5 Å². The Morgan fingerprint density at radius 3 is 1.10 bits per heavy atom. The van der Waals surface area contributed by atoms with Crippen molar-refractivity contribution in [3.63, 3.8) is 0 Å². The van der Waals surface area contributed by atoms with Crippen molar-refractivity contribution in [1.82, 2.24) is 9.97 Å². The second-order valence-corrected chi connectivity index (χ2v) is 18.7. The van der Waals surface area contributed by atoms with Crippen LogP contribution in [0.15, 0.2) is 247 Å². The van der Waals surface area contributed by atoms with Crippen molar-refractivity contribution >= 4 is 97.3 Å². The van der Waals surface area contributed by atoms with E-state index in [4.69, 9.17) is 14.4 Å². The van der Waals surface area contributed by atoms with Crippen LogP contribution in [0.1, 0.15) is 0 Å². The van der Waals surface area contributed by atoms with Gasteiger partial charge in [0.1, 0.15) is 11.2 Å². The van der Waals surface area contributed by atoms with E-state index in [0.29, 0.717) is 5.82 Å². The number of benzene rings is 13. The molecule has 0 atom stereocenters. The average molecular weight is 901 g/mol. The molecule has 0 bridgehead atoms. The standard InChI is InChI=1S/C68H40N2O/c1-3-19-41(20-4-1)60-40-61(70-68(69-60)42-21-5-2-6-22-42)65-50-29-13-17-33-54(50)67(55-34-18-14-30-51(55)65)66-52-31-15-11-27-48(52)64(49-28-12-16-32-53(49)66)43-35-36-62-58(37-43)59-38-56-46-25-9-7-23-44(46)45-24-8-10-26-47(45)57(56)39-63(59)71-62/h1-40H. The van der Waals surface area contributed by atoms with Gasteiger partial charge in [-0.1, -0.05) is 212 Å². The van der Waals surface area contributed by atoms with Crippen molar-refractivity contribution in [3.05, 3.63) is 243 Å². The first-order valence-electron chi connectivity index (χ1n) is 24.3. The molecule has 15 rings (SSSR count). The Hall–Kier alpha value is -9.44. The molecule has 3 heteroatoms. The van der Waals surface area contributed by atoms with E-state index in [-0.39, 0.29) is 0 Å². The van der Waals surface area contributed by atoms with Crippen molar-refractivity contribution in [2.75, 3.05) is 0 Å². The average Bonchev–Trinajstić information content (AvgIpc) is 3.80. The predicted octanol–water partition coefficient (Wildman–Crippen LogP) is 18.8. The number of furan rings is 1.